The van der Waals surface area contributed by atoms with Crippen molar-refractivity contribution in [2.45, 2.75) is 124 Å². The normalized spacial score (nSPS) is 11.5. The molecule has 0 fully saturated rings. The van der Waals surface area contributed by atoms with Crippen LogP contribution in [-0.4, -0.2) is 33.8 Å². The van der Waals surface area contributed by atoms with Crippen LogP contribution in [0.3, 0.4) is 0 Å². The Labute approximate surface area is 274 Å². The van der Waals surface area contributed by atoms with E-state index in [1.54, 1.807) is 18.2 Å². The number of carbonyl (C=O) groups is 4. The number of phenols is 2. The summed E-state index contributed by atoms with van der Waals surface area (Å²) >= 11 is 0. The number of amides is 4. The molecule has 2 aromatic carbocycles. The second-order valence-electron chi connectivity index (χ2n) is 11.9. The average molecular weight is 639 g/mol. The first-order chi connectivity index (χ1) is 22.2. The van der Waals surface area contributed by atoms with E-state index in [2.05, 4.69) is 35.6 Å². The van der Waals surface area contributed by atoms with Gasteiger partial charge in [-0.1, -0.05) is 96.4 Å². The van der Waals surface area contributed by atoms with Crippen LogP contribution >= 0.6 is 0 Å². The fourth-order valence-electron chi connectivity index (χ4n) is 5.41. The van der Waals surface area contributed by atoms with E-state index < -0.39 is 11.8 Å². The fraction of sp³-hybridized carbons (Fsp3) is 0.556. The monoisotopic (exact) mass is 638 g/mol. The number of aromatic hydroxyl groups is 2. The van der Waals surface area contributed by atoms with Gasteiger partial charge in [0.2, 0.25) is 11.8 Å². The molecule has 2 rings (SSSR count). The number of unbranched alkanes of at least 4 members (excludes halogenated alkanes) is 7. The van der Waals surface area contributed by atoms with E-state index in [4.69, 9.17) is 0 Å². The Kier molecular flexibility index (Phi) is 17.9. The molecule has 0 saturated heterocycles. The van der Waals surface area contributed by atoms with Crippen molar-refractivity contribution in [3.8, 4) is 11.5 Å². The number of hydrogen-bond acceptors (Lipinski definition) is 6. The Morgan fingerprint density at radius 1 is 0.587 bits per heavy atom. The number of rotatable bonds is 20. The molecule has 0 radical (unpaired) electrons. The van der Waals surface area contributed by atoms with Crippen molar-refractivity contribution >= 4 is 23.6 Å². The summed E-state index contributed by atoms with van der Waals surface area (Å²) in [5.74, 6) is -2.06. The van der Waals surface area contributed by atoms with Crippen LogP contribution in [0.25, 0.3) is 0 Å². The van der Waals surface area contributed by atoms with Crippen molar-refractivity contribution in [2.75, 3.05) is 0 Å². The SMILES string of the molecule is CCCCCc1cccc(C(=O)NNC(=O)CCCCCCC(CCC)C(=O)NNC(=O)c2cccc(CCCCC)c2O)c1O. The Bertz CT molecular complexity index is 1270. The van der Waals surface area contributed by atoms with E-state index in [9.17, 15) is 29.4 Å². The maximum absolute atomic E-state index is 12.8. The number of aryl methyl sites for hydroxylation is 2. The third-order valence-corrected chi connectivity index (χ3v) is 8.16. The fourth-order valence-corrected chi connectivity index (χ4v) is 5.41. The smallest absolute Gasteiger partial charge is 0.273 e. The predicted octanol–water partition coefficient (Wildman–Crippen LogP) is 6.54. The Morgan fingerprint density at radius 3 is 1.63 bits per heavy atom. The van der Waals surface area contributed by atoms with Crippen molar-refractivity contribution < 1.29 is 29.4 Å². The lowest BCUT2D eigenvalue weighted by Crippen LogP contribution is -2.44. The number of benzene rings is 2. The van der Waals surface area contributed by atoms with Crippen LogP contribution < -0.4 is 21.7 Å². The molecule has 0 saturated carbocycles. The second-order valence-corrected chi connectivity index (χ2v) is 11.9. The minimum Gasteiger partial charge on any atom is -0.507 e. The van der Waals surface area contributed by atoms with Gasteiger partial charge in [0.15, 0.2) is 0 Å². The number of hydrogen-bond donors (Lipinski definition) is 6. The summed E-state index contributed by atoms with van der Waals surface area (Å²) in [6, 6.07) is 10.1. The summed E-state index contributed by atoms with van der Waals surface area (Å²) < 4.78 is 0. The van der Waals surface area contributed by atoms with Gasteiger partial charge in [-0.15, -0.1) is 0 Å². The molecule has 1 unspecified atom stereocenters. The van der Waals surface area contributed by atoms with Crippen LogP contribution in [0.5, 0.6) is 11.5 Å². The van der Waals surface area contributed by atoms with Crippen LogP contribution in [0.15, 0.2) is 36.4 Å². The summed E-state index contributed by atoms with van der Waals surface area (Å²) in [4.78, 5) is 50.3. The number of carbonyl (C=O) groups excluding carboxylic acids is 4. The molecule has 10 heteroatoms. The van der Waals surface area contributed by atoms with Gasteiger partial charge in [-0.2, -0.15) is 0 Å². The number of hydrazine groups is 2. The highest BCUT2D eigenvalue weighted by atomic mass is 16.3. The molecule has 4 amide bonds. The molecule has 0 heterocycles. The summed E-state index contributed by atoms with van der Waals surface area (Å²) in [6.45, 7) is 6.21. The second kappa shape index (κ2) is 21.6. The standard InChI is InChI=1S/C36H54N4O6/c1-4-7-11-18-26-21-15-23-29(32(26)42)35(45)39-37-31(41)25-14-10-9-13-20-28(17-6-3)34(44)38-40-36(46)30-24-16-22-27(33(30)43)19-12-8-5-2/h15-16,21-24,28,42-43H,4-14,17-20,25H2,1-3H3,(H,37,41)(H,38,44)(H,39,45)(H,40,46). The first-order valence-electron chi connectivity index (χ1n) is 17.0. The molecule has 0 aliphatic carbocycles. The van der Waals surface area contributed by atoms with Crippen molar-refractivity contribution in [1.29, 1.82) is 0 Å². The van der Waals surface area contributed by atoms with Crippen LogP contribution in [0.2, 0.25) is 0 Å². The zero-order valence-electron chi connectivity index (χ0n) is 27.9. The number of phenolic OH excluding ortho intramolecular Hbond substituents is 2. The lowest BCUT2D eigenvalue weighted by atomic mass is 9.95. The quantitative estimate of drug-likeness (QED) is 0.0714. The Balaban J connectivity index is 1.70. The van der Waals surface area contributed by atoms with Gasteiger partial charge in [0.25, 0.3) is 11.8 Å². The summed E-state index contributed by atoms with van der Waals surface area (Å²) in [6.07, 6.45) is 12.9. The maximum Gasteiger partial charge on any atom is 0.273 e. The van der Waals surface area contributed by atoms with Gasteiger partial charge in [0.1, 0.15) is 11.5 Å². The summed E-state index contributed by atoms with van der Waals surface area (Å²) in [7, 11) is 0. The van der Waals surface area contributed by atoms with Crippen molar-refractivity contribution in [2.24, 2.45) is 5.92 Å². The predicted molar refractivity (Wildman–Crippen MR) is 180 cm³/mol. The van der Waals surface area contributed by atoms with E-state index in [-0.39, 0.29) is 46.8 Å². The highest BCUT2D eigenvalue weighted by molar-refractivity contribution is 5.98. The van der Waals surface area contributed by atoms with E-state index >= 15 is 0 Å². The van der Waals surface area contributed by atoms with Crippen molar-refractivity contribution in [3.05, 3.63) is 58.7 Å². The zero-order chi connectivity index (χ0) is 33.7. The molecule has 6 N–H and O–H groups in total. The van der Waals surface area contributed by atoms with Gasteiger partial charge in [-0.3, -0.25) is 40.9 Å². The number of para-hydroxylation sites is 2. The minimum atomic E-state index is -0.563. The molecular weight excluding hydrogens is 584 g/mol. The molecule has 10 nitrogen and oxygen atoms in total. The van der Waals surface area contributed by atoms with Gasteiger partial charge >= 0.3 is 0 Å². The van der Waals surface area contributed by atoms with E-state index in [0.29, 0.717) is 32.1 Å². The third-order valence-electron chi connectivity index (χ3n) is 8.16. The lowest BCUT2D eigenvalue weighted by molar-refractivity contribution is -0.126. The van der Waals surface area contributed by atoms with E-state index in [1.165, 1.54) is 12.1 Å². The Hall–Kier alpha value is -4.08. The highest BCUT2D eigenvalue weighted by Gasteiger charge is 2.20. The lowest BCUT2D eigenvalue weighted by Gasteiger charge is -2.17. The molecule has 1 atom stereocenters. The van der Waals surface area contributed by atoms with Gasteiger partial charge < -0.3 is 10.2 Å². The average Bonchev–Trinajstić information content (AvgIpc) is 3.05. The number of nitrogens with one attached hydrogen (secondary N) is 4. The van der Waals surface area contributed by atoms with Crippen LogP contribution in [0, 0.1) is 5.92 Å². The molecule has 0 aromatic heterocycles. The molecule has 0 aliphatic heterocycles. The molecular formula is C36H54N4O6. The molecule has 0 aliphatic rings. The van der Waals surface area contributed by atoms with Gasteiger partial charge in [0.05, 0.1) is 11.1 Å². The van der Waals surface area contributed by atoms with Crippen LogP contribution in [-0.2, 0) is 22.4 Å². The molecule has 46 heavy (non-hydrogen) atoms. The minimum absolute atomic E-state index is 0.0474. The van der Waals surface area contributed by atoms with Gasteiger partial charge in [-0.25, -0.2) is 0 Å². The van der Waals surface area contributed by atoms with Gasteiger partial charge in [0, 0.05) is 12.3 Å². The largest absolute Gasteiger partial charge is 0.507 e. The Morgan fingerprint density at radius 2 is 1.11 bits per heavy atom. The third kappa shape index (κ3) is 13.1. The van der Waals surface area contributed by atoms with Gasteiger partial charge in [-0.05, 0) is 68.2 Å². The van der Waals surface area contributed by atoms with E-state index in [1.807, 2.05) is 13.0 Å². The molecule has 254 valence electrons. The topological polar surface area (TPSA) is 157 Å². The van der Waals surface area contributed by atoms with Crippen LogP contribution in [0.1, 0.15) is 143 Å². The van der Waals surface area contributed by atoms with E-state index in [0.717, 1.165) is 75.3 Å². The van der Waals surface area contributed by atoms with Crippen molar-refractivity contribution in [3.63, 3.8) is 0 Å². The summed E-state index contributed by atoms with van der Waals surface area (Å²) in [5.41, 5.74) is 11.5. The van der Waals surface area contributed by atoms with Crippen LogP contribution in [0.4, 0.5) is 0 Å². The molecule has 0 bridgehead atoms. The first-order valence-corrected chi connectivity index (χ1v) is 17.0. The first kappa shape index (κ1) is 38.1. The summed E-state index contributed by atoms with van der Waals surface area (Å²) in [5, 5.41) is 21.0. The molecule has 0 spiro atoms. The van der Waals surface area contributed by atoms with Crippen molar-refractivity contribution in [1.82, 2.24) is 21.7 Å². The zero-order valence-corrected chi connectivity index (χ0v) is 27.9. The maximum atomic E-state index is 12.8. The molecule has 2 aromatic rings. The highest BCUT2D eigenvalue weighted by Crippen LogP contribution is 2.25.